The molecule has 1 aromatic carbocycles. The molecule has 2 aliphatic rings. The fourth-order valence-electron chi connectivity index (χ4n) is 4.69. The highest BCUT2D eigenvalue weighted by Crippen LogP contribution is 2.24. The van der Waals surface area contributed by atoms with Gasteiger partial charge in [0.1, 0.15) is 5.52 Å². The number of nitrogens with zero attached hydrogens (tertiary/aromatic N) is 4. The first-order valence-electron chi connectivity index (χ1n) is 11.4. The largest absolute Gasteiger partial charge is 0.463 e. The van der Waals surface area contributed by atoms with Crippen LogP contribution in [0.3, 0.4) is 0 Å². The number of ether oxygens (including phenoxy) is 1. The van der Waals surface area contributed by atoms with E-state index in [1.807, 2.05) is 0 Å². The van der Waals surface area contributed by atoms with Crippen molar-refractivity contribution in [3.8, 4) is 6.01 Å². The van der Waals surface area contributed by atoms with Crippen LogP contribution in [0.5, 0.6) is 6.01 Å². The molecule has 8 heteroatoms. The van der Waals surface area contributed by atoms with Gasteiger partial charge in [-0.2, -0.15) is 15.1 Å². The summed E-state index contributed by atoms with van der Waals surface area (Å²) < 4.78 is 5.66. The molecule has 31 heavy (non-hydrogen) atoms. The molecule has 4 N–H and O–H groups in total. The number of H-pyrrole nitrogens is 1. The third-order valence-corrected chi connectivity index (χ3v) is 6.31. The first kappa shape index (κ1) is 20.2. The number of aromatic amines is 1. The fourth-order valence-corrected chi connectivity index (χ4v) is 4.69. The number of piperazine rings is 1. The predicted molar refractivity (Wildman–Crippen MR) is 121 cm³/mol. The lowest BCUT2D eigenvalue weighted by molar-refractivity contribution is 0.189. The Morgan fingerprint density at radius 3 is 2.55 bits per heavy atom. The lowest BCUT2D eigenvalue weighted by Crippen LogP contribution is -2.50. The van der Waals surface area contributed by atoms with E-state index >= 15 is 0 Å². The van der Waals surface area contributed by atoms with Gasteiger partial charge in [-0.15, -0.1) is 0 Å². The van der Waals surface area contributed by atoms with Gasteiger partial charge in [-0.3, -0.25) is 10.00 Å². The van der Waals surface area contributed by atoms with Gasteiger partial charge in [0.15, 0.2) is 11.3 Å². The monoisotopic (exact) mass is 421 g/mol. The van der Waals surface area contributed by atoms with Crippen molar-refractivity contribution in [3.63, 3.8) is 0 Å². The summed E-state index contributed by atoms with van der Waals surface area (Å²) in [6.45, 7) is 6.04. The van der Waals surface area contributed by atoms with Crippen LogP contribution in [0.4, 0.5) is 5.82 Å². The van der Waals surface area contributed by atoms with Gasteiger partial charge in [0.05, 0.1) is 12.3 Å². The number of hydrogen-bond donors (Lipinski definition) is 3. The highest BCUT2D eigenvalue weighted by molar-refractivity contribution is 5.86. The van der Waals surface area contributed by atoms with Crippen molar-refractivity contribution in [2.75, 3.05) is 25.4 Å². The number of nitrogens with one attached hydrogen (secondary N) is 2. The number of fused-ring (bicyclic) bond motifs is 3. The Balaban J connectivity index is 1.27. The molecule has 2 unspecified atom stereocenters. The van der Waals surface area contributed by atoms with Crippen LogP contribution in [0.15, 0.2) is 24.3 Å². The van der Waals surface area contributed by atoms with Gasteiger partial charge in [-0.25, -0.2) is 0 Å². The molecular weight excluding hydrogens is 390 g/mol. The quantitative estimate of drug-likeness (QED) is 0.480. The number of benzene rings is 1. The van der Waals surface area contributed by atoms with Crippen molar-refractivity contribution in [1.29, 1.82) is 0 Å². The Bertz CT molecular complexity index is 1020. The van der Waals surface area contributed by atoms with E-state index in [4.69, 9.17) is 10.5 Å². The second-order valence-corrected chi connectivity index (χ2v) is 8.82. The minimum Gasteiger partial charge on any atom is -0.463 e. The highest BCUT2D eigenvalue weighted by Gasteiger charge is 2.31. The van der Waals surface area contributed by atoms with E-state index in [1.165, 1.54) is 24.0 Å². The van der Waals surface area contributed by atoms with Crippen molar-refractivity contribution < 1.29 is 4.74 Å². The van der Waals surface area contributed by atoms with Crippen LogP contribution in [0.2, 0.25) is 0 Å². The zero-order valence-electron chi connectivity index (χ0n) is 18.1. The van der Waals surface area contributed by atoms with Gasteiger partial charge < -0.3 is 15.8 Å². The molecule has 164 valence electrons. The van der Waals surface area contributed by atoms with Gasteiger partial charge in [0.25, 0.3) is 0 Å². The summed E-state index contributed by atoms with van der Waals surface area (Å²) in [5, 5.41) is 11.1. The van der Waals surface area contributed by atoms with Gasteiger partial charge in [0, 0.05) is 38.1 Å². The zero-order valence-corrected chi connectivity index (χ0v) is 18.1. The molecule has 8 nitrogen and oxygen atoms in total. The number of anilines is 1. The van der Waals surface area contributed by atoms with E-state index in [9.17, 15) is 0 Å². The van der Waals surface area contributed by atoms with Gasteiger partial charge >= 0.3 is 6.01 Å². The SMILES string of the molecule is CCCCOc1nc(N)c2n[nH]c(Cc3ccc(CN4CC5CCC(C4)N5)cc3)c2n1. The molecule has 0 aliphatic carbocycles. The first-order chi connectivity index (χ1) is 15.2. The molecule has 2 aromatic heterocycles. The van der Waals surface area contributed by atoms with E-state index in [1.54, 1.807) is 0 Å². The number of hydrogen-bond acceptors (Lipinski definition) is 7. The zero-order chi connectivity index (χ0) is 21.2. The lowest BCUT2D eigenvalue weighted by atomic mass is 10.1. The van der Waals surface area contributed by atoms with Crippen molar-refractivity contribution >= 4 is 16.9 Å². The summed E-state index contributed by atoms with van der Waals surface area (Å²) in [5.41, 5.74) is 10.9. The summed E-state index contributed by atoms with van der Waals surface area (Å²) in [6.07, 6.45) is 5.36. The first-order valence-corrected chi connectivity index (χ1v) is 11.4. The molecule has 2 saturated heterocycles. The van der Waals surface area contributed by atoms with Crippen LogP contribution < -0.4 is 15.8 Å². The molecule has 2 aliphatic heterocycles. The molecule has 3 aromatic rings. The third-order valence-electron chi connectivity index (χ3n) is 6.31. The van der Waals surface area contributed by atoms with Gasteiger partial charge in [-0.05, 0) is 30.4 Å². The maximum Gasteiger partial charge on any atom is 0.319 e. The van der Waals surface area contributed by atoms with Crippen LogP contribution in [-0.2, 0) is 13.0 Å². The molecule has 0 saturated carbocycles. The molecule has 0 amide bonds. The smallest absolute Gasteiger partial charge is 0.319 e. The second kappa shape index (κ2) is 8.80. The summed E-state index contributed by atoms with van der Waals surface area (Å²) >= 11 is 0. The van der Waals surface area contributed by atoms with E-state index in [2.05, 4.69) is 61.6 Å². The lowest BCUT2D eigenvalue weighted by Gasteiger charge is -2.32. The van der Waals surface area contributed by atoms with E-state index < -0.39 is 0 Å². The Morgan fingerprint density at radius 2 is 1.81 bits per heavy atom. The molecule has 0 spiro atoms. The molecule has 0 radical (unpaired) electrons. The predicted octanol–water partition coefficient (Wildman–Crippen LogP) is 2.64. The summed E-state index contributed by atoms with van der Waals surface area (Å²) in [6, 6.07) is 10.5. The van der Waals surface area contributed by atoms with Crippen molar-refractivity contribution in [3.05, 3.63) is 41.1 Å². The molecule has 2 bridgehead atoms. The molecule has 2 fully saturated rings. The molecule has 5 rings (SSSR count). The number of likely N-dealkylation sites (tertiary alicyclic amines) is 1. The highest BCUT2D eigenvalue weighted by atomic mass is 16.5. The van der Waals surface area contributed by atoms with Gasteiger partial charge in [-0.1, -0.05) is 37.6 Å². The van der Waals surface area contributed by atoms with Crippen molar-refractivity contribution in [2.45, 2.75) is 57.7 Å². The van der Waals surface area contributed by atoms with Crippen LogP contribution in [-0.4, -0.2) is 56.8 Å². The number of rotatable bonds is 8. The summed E-state index contributed by atoms with van der Waals surface area (Å²) in [4.78, 5) is 11.4. The van der Waals surface area contributed by atoms with Gasteiger partial charge in [0.2, 0.25) is 0 Å². The minimum atomic E-state index is 0.321. The fraction of sp³-hybridized carbons (Fsp3) is 0.522. The second-order valence-electron chi connectivity index (χ2n) is 8.82. The number of nitrogens with two attached hydrogens (primary N) is 1. The number of unbranched alkanes of at least 4 members (excludes halogenated alkanes) is 1. The molecule has 2 atom stereocenters. The molecule has 4 heterocycles. The van der Waals surface area contributed by atoms with Crippen molar-refractivity contribution in [2.24, 2.45) is 0 Å². The normalized spacial score (nSPS) is 21.1. The average Bonchev–Trinajstić information content (AvgIpc) is 3.32. The van der Waals surface area contributed by atoms with Crippen LogP contribution >= 0.6 is 0 Å². The Kier molecular flexibility index (Phi) is 5.74. The number of aromatic nitrogens is 4. The minimum absolute atomic E-state index is 0.321. The Morgan fingerprint density at radius 1 is 1.06 bits per heavy atom. The maximum absolute atomic E-state index is 6.08. The Labute approximate surface area is 182 Å². The van der Waals surface area contributed by atoms with Crippen LogP contribution in [0.1, 0.15) is 49.4 Å². The van der Waals surface area contributed by atoms with Crippen molar-refractivity contribution in [1.82, 2.24) is 30.4 Å². The van der Waals surface area contributed by atoms with E-state index in [0.29, 0.717) is 42.5 Å². The topological polar surface area (TPSA) is 105 Å². The number of nitrogen functional groups attached to an aromatic ring is 1. The Hall–Kier alpha value is -2.71. The third kappa shape index (κ3) is 4.50. The summed E-state index contributed by atoms with van der Waals surface area (Å²) in [7, 11) is 0. The van der Waals surface area contributed by atoms with Crippen LogP contribution in [0.25, 0.3) is 11.0 Å². The van der Waals surface area contributed by atoms with Crippen LogP contribution in [0, 0.1) is 0 Å². The molecular formula is C23H31N7O. The summed E-state index contributed by atoms with van der Waals surface area (Å²) in [5.74, 6) is 0.347. The maximum atomic E-state index is 6.08. The van der Waals surface area contributed by atoms with E-state index in [0.717, 1.165) is 43.7 Å². The average molecular weight is 422 g/mol. The standard InChI is InChI=1S/C23H31N7O/c1-2-3-10-31-23-26-20-19(28-29-21(20)22(24)27-23)11-15-4-6-16(7-5-15)12-30-13-17-8-9-18(14-30)25-17/h4-7,17-18,25H,2-3,8-14H2,1H3,(H,28,29)(H2,24,26,27). The van der Waals surface area contributed by atoms with E-state index in [-0.39, 0.29) is 0 Å².